The van der Waals surface area contributed by atoms with E-state index in [4.69, 9.17) is 16.3 Å². The summed E-state index contributed by atoms with van der Waals surface area (Å²) in [6.45, 7) is 2.23. The first-order valence-corrected chi connectivity index (χ1v) is 6.57. The van der Waals surface area contributed by atoms with Gasteiger partial charge in [-0.25, -0.2) is 0 Å². The van der Waals surface area contributed by atoms with Gasteiger partial charge in [0.25, 0.3) is 0 Å². The third kappa shape index (κ3) is 3.50. The number of aryl methyl sites for hydroxylation is 1. The van der Waals surface area contributed by atoms with E-state index in [1.54, 1.807) is 0 Å². The van der Waals surface area contributed by atoms with E-state index in [9.17, 15) is 0 Å². The Morgan fingerprint density at radius 1 is 1.12 bits per heavy atom. The second-order valence-corrected chi connectivity index (χ2v) is 4.96. The minimum absolute atomic E-state index is 0.516. The lowest BCUT2D eigenvalue weighted by molar-refractivity contribution is 0.353. The van der Waals surface area contributed by atoms with E-state index in [0.29, 0.717) is 12.2 Å². The number of halogens is 1. The summed E-state index contributed by atoms with van der Waals surface area (Å²) in [5.41, 5.74) is 1.36. The number of rotatable bonds is 6. The van der Waals surface area contributed by atoms with Crippen molar-refractivity contribution in [3.63, 3.8) is 0 Å². The average molecular weight is 239 g/mol. The van der Waals surface area contributed by atoms with Crippen LogP contribution in [-0.2, 0) is 11.2 Å². The second kappa shape index (κ2) is 5.70. The molecule has 1 fully saturated rings. The maximum Gasteiger partial charge on any atom is 0.0845 e. The Morgan fingerprint density at radius 3 is 2.50 bits per heavy atom. The predicted octanol–water partition coefficient (Wildman–Crippen LogP) is 4.23. The average Bonchev–Trinajstić information content (AvgIpc) is 3.04. The summed E-state index contributed by atoms with van der Waals surface area (Å²) in [4.78, 5) is 0. The Bertz CT molecular complexity index is 320. The molecule has 0 spiro atoms. The zero-order chi connectivity index (χ0) is 11.4. The molecule has 2 heteroatoms. The smallest absolute Gasteiger partial charge is 0.0845 e. The number of hydrogen-bond acceptors (Lipinski definition) is 1. The zero-order valence-corrected chi connectivity index (χ0v) is 10.5. The van der Waals surface area contributed by atoms with Crippen LogP contribution in [-0.4, -0.2) is 12.2 Å². The van der Waals surface area contributed by atoms with E-state index in [0.717, 1.165) is 17.9 Å². The monoisotopic (exact) mass is 238 g/mol. The molecule has 2 rings (SSSR count). The molecular weight excluding hydrogens is 220 g/mol. The van der Waals surface area contributed by atoms with Crippen LogP contribution < -0.4 is 0 Å². The molecule has 88 valence electrons. The topological polar surface area (TPSA) is 12.5 Å². The zero-order valence-electron chi connectivity index (χ0n) is 9.79. The van der Waals surface area contributed by atoms with Crippen molar-refractivity contribution in [3.8, 4) is 0 Å². The van der Waals surface area contributed by atoms with Crippen LogP contribution in [0.25, 0.3) is 0 Å². The van der Waals surface area contributed by atoms with Crippen LogP contribution in [0.3, 0.4) is 0 Å². The number of benzene rings is 1. The Morgan fingerprint density at radius 2 is 1.81 bits per heavy atom. The van der Waals surface area contributed by atoms with E-state index < -0.39 is 0 Å². The lowest BCUT2D eigenvalue weighted by Gasteiger charge is -1.99. The molecule has 1 saturated heterocycles. The second-order valence-electron chi connectivity index (χ2n) is 4.52. The molecule has 16 heavy (non-hydrogen) atoms. The molecule has 0 aliphatic carbocycles. The largest absolute Gasteiger partial charge is 0.370 e. The summed E-state index contributed by atoms with van der Waals surface area (Å²) in [5.74, 6) is 0. The van der Waals surface area contributed by atoms with E-state index in [1.165, 1.54) is 24.8 Å². The van der Waals surface area contributed by atoms with Gasteiger partial charge in [-0.2, -0.15) is 0 Å². The van der Waals surface area contributed by atoms with Gasteiger partial charge in [-0.3, -0.25) is 0 Å². The first kappa shape index (κ1) is 11.9. The Kier molecular flexibility index (Phi) is 4.25. The number of epoxide rings is 1. The summed E-state index contributed by atoms with van der Waals surface area (Å²) in [6, 6.07) is 8.12. The van der Waals surface area contributed by atoms with Gasteiger partial charge in [0.1, 0.15) is 0 Å². The first-order valence-electron chi connectivity index (χ1n) is 6.19. The maximum absolute atomic E-state index is 5.84. The molecule has 0 aromatic heterocycles. The predicted molar refractivity (Wildman–Crippen MR) is 68.0 cm³/mol. The van der Waals surface area contributed by atoms with Crippen molar-refractivity contribution in [1.29, 1.82) is 0 Å². The maximum atomic E-state index is 5.84. The Labute approximate surface area is 103 Å². The number of hydrogen-bond donors (Lipinski definition) is 0. The summed E-state index contributed by atoms with van der Waals surface area (Å²) < 4.78 is 5.64. The van der Waals surface area contributed by atoms with Gasteiger partial charge in [-0.1, -0.05) is 43.5 Å². The fraction of sp³-hybridized carbons (Fsp3) is 0.571. The standard InChI is InChI=1S/C14H19ClO/c1-2-3-4-13-14(16-13)10-7-11-5-8-12(15)9-6-11/h5-6,8-9,13-14H,2-4,7,10H2,1H3. The van der Waals surface area contributed by atoms with Crippen LogP contribution in [0, 0.1) is 0 Å². The molecule has 1 aromatic carbocycles. The molecule has 1 nitrogen and oxygen atoms in total. The quantitative estimate of drug-likeness (QED) is 0.676. The highest BCUT2D eigenvalue weighted by Crippen LogP contribution is 2.30. The molecule has 1 heterocycles. The van der Waals surface area contributed by atoms with Gasteiger partial charge >= 0.3 is 0 Å². The van der Waals surface area contributed by atoms with E-state index in [2.05, 4.69) is 19.1 Å². The number of unbranched alkanes of at least 4 members (excludes halogenated alkanes) is 1. The summed E-state index contributed by atoms with van der Waals surface area (Å²) in [5, 5.41) is 0.812. The molecule has 0 radical (unpaired) electrons. The molecule has 1 aliphatic rings. The van der Waals surface area contributed by atoms with Gasteiger partial charge in [0.2, 0.25) is 0 Å². The van der Waals surface area contributed by atoms with Crippen LogP contribution in [0.5, 0.6) is 0 Å². The minimum Gasteiger partial charge on any atom is -0.370 e. The van der Waals surface area contributed by atoms with Crippen molar-refractivity contribution < 1.29 is 4.74 Å². The molecule has 2 atom stereocenters. The fourth-order valence-electron chi connectivity index (χ4n) is 2.05. The molecule has 1 aliphatic heterocycles. The van der Waals surface area contributed by atoms with E-state index in [1.807, 2.05) is 12.1 Å². The van der Waals surface area contributed by atoms with Crippen molar-refractivity contribution in [2.45, 2.75) is 51.2 Å². The lowest BCUT2D eigenvalue weighted by atomic mass is 10.1. The highest BCUT2D eigenvalue weighted by Gasteiger charge is 2.36. The fourth-order valence-corrected chi connectivity index (χ4v) is 2.18. The van der Waals surface area contributed by atoms with E-state index in [-0.39, 0.29) is 0 Å². The third-order valence-electron chi connectivity index (χ3n) is 3.16. The van der Waals surface area contributed by atoms with Gasteiger partial charge in [-0.05, 0) is 37.0 Å². The first-order chi connectivity index (χ1) is 7.79. The van der Waals surface area contributed by atoms with Crippen LogP contribution in [0.15, 0.2) is 24.3 Å². The highest BCUT2D eigenvalue weighted by atomic mass is 35.5. The SMILES string of the molecule is CCCCC1OC1CCc1ccc(Cl)cc1. The van der Waals surface area contributed by atoms with Crippen LogP contribution in [0.2, 0.25) is 5.02 Å². The summed E-state index contributed by atoms with van der Waals surface area (Å²) >= 11 is 5.84. The van der Waals surface area contributed by atoms with Crippen molar-refractivity contribution in [2.24, 2.45) is 0 Å². The van der Waals surface area contributed by atoms with E-state index >= 15 is 0 Å². The van der Waals surface area contributed by atoms with Crippen molar-refractivity contribution >= 4 is 11.6 Å². The van der Waals surface area contributed by atoms with Gasteiger partial charge in [-0.15, -0.1) is 0 Å². The molecule has 0 N–H and O–H groups in total. The minimum atomic E-state index is 0.516. The normalized spacial score (nSPS) is 23.4. The van der Waals surface area contributed by atoms with Crippen molar-refractivity contribution in [3.05, 3.63) is 34.9 Å². The Hall–Kier alpha value is -0.530. The van der Waals surface area contributed by atoms with Gasteiger partial charge < -0.3 is 4.74 Å². The third-order valence-corrected chi connectivity index (χ3v) is 3.41. The van der Waals surface area contributed by atoms with Crippen LogP contribution >= 0.6 is 11.6 Å². The molecule has 0 amide bonds. The van der Waals surface area contributed by atoms with Gasteiger partial charge in [0.15, 0.2) is 0 Å². The number of ether oxygens (including phenoxy) is 1. The molecule has 0 bridgehead atoms. The van der Waals surface area contributed by atoms with Gasteiger partial charge in [0, 0.05) is 5.02 Å². The van der Waals surface area contributed by atoms with Gasteiger partial charge in [0.05, 0.1) is 12.2 Å². The van der Waals surface area contributed by atoms with Crippen LogP contribution in [0.1, 0.15) is 38.2 Å². The van der Waals surface area contributed by atoms with Crippen molar-refractivity contribution in [1.82, 2.24) is 0 Å². The molecule has 2 unspecified atom stereocenters. The van der Waals surface area contributed by atoms with Crippen molar-refractivity contribution in [2.75, 3.05) is 0 Å². The lowest BCUT2D eigenvalue weighted by Crippen LogP contribution is -1.96. The summed E-state index contributed by atoms with van der Waals surface area (Å²) in [6.07, 6.45) is 7.11. The highest BCUT2D eigenvalue weighted by molar-refractivity contribution is 6.30. The molecule has 1 aromatic rings. The van der Waals surface area contributed by atoms with Crippen LogP contribution in [0.4, 0.5) is 0 Å². The molecule has 0 saturated carbocycles. The Balaban J connectivity index is 1.67. The summed E-state index contributed by atoms with van der Waals surface area (Å²) in [7, 11) is 0. The molecular formula is C14H19ClO.